The Labute approximate surface area is 181 Å². The zero-order chi connectivity index (χ0) is 21.4. The van der Waals surface area contributed by atoms with E-state index in [4.69, 9.17) is 9.26 Å². The summed E-state index contributed by atoms with van der Waals surface area (Å²) in [5.41, 5.74) is 2.66. The number of aryl methyl sites for hydroxylation is 1. The first kappa shape index (κ1) is 19.2. The summed E-state index contributed by atoms with van der Waals surface area (Å²) in [5, 5.41) is 4.66. The smallest absolute Gasteiger partial charge is 0.262 e. The Morgan fingerprint density at radius 1 is 1.10 bits per heavy atom. The highest BCUT2D eigenvalue weighted by Crippen LogP contribution is 2.35. The number of rotatable bonds is 5. The molecule has 5 aromatic rings. The number of benzene rings is 2. The summed E-state index contributed by atoms with van der Waals surface area (Å²) in [5.74, 6) is 1.48. The summed E-state index contributed by atoms with van der Waals surface area (Å²) < 4.78 is 12.1. The molecular weight excluding hydrogens is 412 g/mol. The van der Waals surface area contributed by atoms with Gasteiger partial charge in [-0.25, -0.2) is 4.98 Å². The Balaban J connectivity index is 1.49. The van der Waals surface area contributed by atoms with Gasteiger partial charge in [0.15, 0.2) is 0 Å². The monoisotopic (exact) mass is 430 g/mol. The second-order valence-electron chi connectivity index (χ2n) is 7.02. The topological polar surface area (TPSA) is 83.0 Å². The molecule has 8 heteroatoms. The van der Waals surface area contributed by atoms with E-state index in [9.17, 15) is 4.79 Å². The standard InChI is InChI=1S/C23H18N4O3S/c1-14-19-22(31-20(14)15-7-4-3-5-8-15)24-13-27(23(19)28)12-18-25-21(26-30-18)16-9-6-10-17(11-16)29-2/h3-11,13H,12H2,1-2H3. The predicted molar refractivity (Wildman–Crippen MR) is 119 cm³/mol. The maximum Gasteiger partial charge on any atom is 0.262 e. The summed E-state index contributed by atoms with van der Waals surface area (Å²) in [6, 6.07) is 17.4. The van der Waals surface area contributed by atoms with Gasteiger partial charge in [0.1, 0.15) is 17.1 Å². The lowest BCUT2D eigenvalue weighted by Crippen LogP contribution is -2.21. The summed E-state index contributed by atoms with van der Waals surface area (Å²) >= 11 is 1.52. The average molecular weight is 430 g/mol. The molecule has 0 aliphatic heterocycles. The molecule has 31 heavy (non-hydrogen) atoms. The number of aromatic nitrogens is 4. The summed E-state index contributed by atoms with van der Waals surface area (Å²) in [7, 11) is 1.60. The minimum absolute atomic E-state index is 0.123. The Hall–Kier alpha value is -3.78. The van der Waals surface area contributed by atoms with Crippen LogP contribution in [0.5, 0.6) is 5.75 Å². The zero-order valence-corrected chi connectivity index (χ0v) is 17.7. The van der Waals surface area contributed by atoms with Gasteiger partial charge in [-0.1, -0.05) is 47.6 Å². The van der Waals surface area contributed by atoms with Crippen LogP contribution in [0.1, 0.15) is 11.5 Å². The average Bonchev–Trinajstić information content (AvgIpc) is 3.41. The van der Waals surface area contributed by atoms with Crippen molar-refractivity contribution in [2.24, 2.45) is 0 Å². The Bertz CT molecular complexity index is 1440. The highest BCUT2D eigenvalue weighted by atomic mass is 32.1. The van der Waals surface area contributed by atoms with E-state index in [0.717, 1.165) is 26.4 Å². The van der Waals surface area contributed by atoms with Crippen molar-refractivity contribution in [1.82, 2.24) is 19.7 Å². The van der Waals surface area contributed by atoms with Gasteiger partial charge >= 0.3 is 0 Å². The van der Waals surface area contributed by atoms with Gasteiger partial charge < -0.3 is 9.26 Å². The molecule has 0 saturated carbocycles. The molecule has 0 aliphatic rings. The van der Waals surface area contributed by atoms with Crippen LogP contribution in [0.15, 0.2) is 70.2 Å². The van der Waals surface area contributed by atoms with Gasteiger partial charge in [-0.3, -0.25) is 9.36 Å². The Morgan fingerprint density at radius 3 is 2.71 bits per heavy atom. The number of thiophene rings is 1. The van der Waals surface area contributed by atoms with Crippen molar-refractivity contribution in [3.8, 4) is 27.6 Å². The Kier molecular flexibility index (Phi) is 4.83. The molecule has 5 rings (SSSR count). The molecule has 2 aromatic carbocycles. The molecule has 0 aliphatic carbocycles. The molecule has 0 atom stereocenters. The second-order valence-corrected chi connectivity index (χ2v) is 8.02. The number of ether oxygens (including phenoxy) is 1. The van der Waals surface area contributed by atoms with Gasteiger partial charge in [0.2, 0.25) is 11.7 Å². The third-order valence-electron chi connectivity index (χ3n) is 5.05. The van der Waals surface area contributed by atoms with Crippen LogP contribution in [0, 0.1) is 6.92 Å². The fourth-order valence-corrected chi connectivity index (χ4v) is 4.63. The van der Waals surface area contributed by atoms with Crippen LogP contribution in [0.2, 0.25) is 0 Å². The summed E-state index contributed by atoms with van der Waals surface area (Å²) in [6.07, 6.45) is 1.53. The van der Waals surface area contributed by atoms with Crippen LogP contribution < -0.4 is 10.3 Å². The molecule has 0 N–H and O–H groups in total. The van der Waals surface area contributed by atoms with E-state index >= 15 is 0 Å². The van der Waals surface area contributed by atoms with E-state index in [-0.39, 0.29) is 12.1 Å². The molecule has 0 radical (unpaired) electrons. The molecule has 0 bridgehead atoms. The number of methoxy groups -OCH3 is 1. The van der Waals surface area contributed by atoms with Crippen molar-refractivity contribution in [1.29, 1.82) is 0 Å². The highest BCUT2D eigenvalue weighted by Gasteiger charge is 2.17. The van der Waals surface area contributed by atoms with E-state index in [2.05, 4.69) is 15.1 Å². The van der Waals surface area contributed by atoms with Crippen LogP contribution in [0.3, 0.4) is 0 Å². The molecule has 0 amide bonds. The van der Waals surface area contributed by atoms with Gasteiger partial charge in [0.25, 0.3) is 5.56 Å². The van der Waals surface area contributed by atoms with Crippen molar-refractivity contribution >= 4 is 21.6 Å². The highest BCUT2D eigenvalue weighted by molar-refractivity contribution is 7.22. The minimum Gasteiger partial charge on any atom is -0.497 e. The van der Waals surface area contributed by atoms with Crippen molar-refractivity contribution < 1.29 is 9.26 Å². The largest absolute Gasteiger partial charge is 0.497 e. The van der Waals surface area contributed by atoms with Gasteiger partial charge in [-0.15, -0.1) is 11.3 Å². The van der Waals surface area contributed by atoms with E-state index in [0.29, 0.717) is 22.9 Å². The third-order valence-corrected chi connectivity index (χ3v) is 6.30. The quantitative estimate of drug-likeness (QED) is 0.407. The molecule has 0 saturated heterocycles. The minimum atomic E-state index is -0.123. The normalized spacial score (nSPS) is 11.2. The molecule has 7 nitrogen and oxygen atoms in total. The third kappa shape index (κ3) is 3.51. The van der Waals surface area contributed by atoms with Crippen molar-refractivity contribution in [3.05, 3.63) is 82.7 Å². The first-order chi connectivity index (χ1) is 15.1. The first-order valence-electron chi connectivity index (χ1n) is 9.65. The lowest BCUT2D eigenvalue weighted by atomic mass is 10.1. The second kappa shape index (κ2) is 7.81. The van der Waals surface area contributed by atoms with Crippen molar-refractivity contribution in [3.63, 3.8) is 0 Å². The fraction of sp³-hybridized carbons (Fsp3) is 0.130. The predicted octanol–water partition coefficient (Wildman–Crippen LogP) is 4.54. The van der Waals surface area contributed by atoms with Crippen LogP contribution in [0.4, 0.5) is 0 Å². The van der Waals surface area contributed by atoms with E-state index in [1.165, 1.54) is 22.2 Å². The number of hydrogen-bond acceptors (Lipinski definition) is 7. The van der Waals surface area contributed by atoms with E-state index in [1.807, 2.05) is 61.5 Å². The lowest BCUT2D eigenvalue weighted by molar-refractivity contribution is 0.369. The van der Waals surface area contributed by atoms with E-state index < -0.39 is 0 Å². The van der Waals surface area contributed by atoms with Crippen LogP contribution in [-0.4, -0.2) is 26.8 Å². The summed E-state index contributed by atoms with van der Waals surface area (Å²) in [4.78, 5) is 23.9. The zero-order valence-electron chi connectivity index (χ0n) is 16.9. The van der Waals surface area contributed by atoms with E-state index in [1.54, 1.807) is 7.11 Å². The van der Waals surface area contributed by atoms with Gasteiger partial charge in [-0.2, -0.15) is 4.98 Å². The van der Waals surface area contributed by atoms with Gasteiger partial charge in [0.05, 0.1) is 18.8 Å². The molecule has 0 spiro atoms. The number of fused-ring (bicyclic) bond motifs is 1. The molecule has 3 aromatic heterocycles. The van der Waals surface area contributed by atoms with Crippen LogP contribution in [-0.2, 0) is 6.54 Å². The first-order valence-corrected chi connectivity index (χ1v) is 10.5. The molecule has 3 heterocycles. The molecule has 154 valence electrons. The SMILES string of the molecule is COc1cccc(-c2noc(Cn3cnc4sc(-c5ccccc5)c(C)c4c3=O)n2)c1. The number of hydrogen-bond donors (Lipinski definition) is 0. The maximum atomic E-state index is 13.2. The van der Waals surface area contributed by atoms with Crippen molar-refractivity contribution in [2.75, 3.05) is 7.11 Å². The van der Waals surface area contributed by atoms with Gasteiger partial charge in [0, 0.05) is 10.4 Å². The maximum absolute atomic E-state index is 13.2. The fourth-order valence-electron chi connectivity index (χ4n) is 3.48. The Morgan fingerprint density at radius 2 is 1.90 bits per heavy atom. The molecule has 0 fully saturated rings. The lowest BCUT2D eigenvalue weighted by Gasteiger charge is -2.02. The number of nitrogens with zero attached hydrogens (tertiary/aromatic N) is 4. The summed E-state index contributed by atoms with van der Waals surface area (Å²) in [6.45, 7) is 2.11. The van der Waals surface area contributed by atoms with Crippen LogP contribution in [0.25, 0.3) is 32.0 Å². The van der Waals surface area contributed by atoms with Gasteiger partial charge in [-0.05, 0) is 30.2 Å². The van der Waals surface area contributed by atoms with Crippen LogP contribution >= 0.6 is 11.3 Å². The molecule has 0 unspecified atom stereocenters. The van der Waals surface area contributed by atoms with Crippen molar-refractivity contribution in [2.45, 2.75) is 13.5 Å². The molecular formula is C23H18N4O3S.